The molecule has 88 valence electrons. The largest absolute Gasteiger partial charge is 0.384 e. The van der Waals surface area contributed by atoms with E-state index in [1.165, 1.54) is 0 Å². The number of hydrogen-bond acceptors (Lipinski definition) is 3. The Morgan fingerprint density at radius 1 is 1.50 bits per heavy atom. The fourth-order valence-corrected chi connectivity index (χ4v) is 1.52. The molecule has 0 unspecified atom stereocenters. The molecule has 0 aliphatic heterocycles. The predicted octanol–water partition coefficient (Wildman–Crippen LogP) is 1.42. The molecule has 0 aliphatic rings. The fourth-order valence-electron chi connectivity index (χ4n) is 1.52. The van der Waals surface area contributed by atoms with Gasteiger partial charge in [0.05, 0.1) is 5.41 Å². The molecule has 1 rings (SSSR count). The lowest BCUT2D eigenvalue weighted by Crippen LogP contribution is -2.41. The van der Waals surface area contributed by atoms with E-state index in [4.69, 9.17) is 5.73 Å². The monoisotopic (exact) mass is 221 g/mol. The molecule has 16 heavy (non-hydrogen) atoms. The quantitative estimate of drug-likeness (QED) is 0.839. The summed E-state index contributed by atoms with van der Waals surface area (Å²) in [6.45, 7) is 6.45. The van der Waals surface area contributed by atoms with E-state index in [0.29, 0.717) is 12.4 Å². The van der Waals surface area contributed by atoms with E-state index in [1.807, 2.05) is 26.8 Å². The van der Waals surface area contributed by atoms with E-state index in [0.717, 1.165) is 5.56 Å². The third-order valence-corrected chi connectivity index (χ3v) is 2.86. The zero-order chi connectivity index (χ0) is 12.3. The molecule has 4 heteroatoms. The van der Waals surface area contributed by atoms with Crippen molar-refractivity contribution in [3.8, 4) is 0 Å². The minimum absolute atomic E-state index is 0.0848. The minimum atomic E-state index is -0.564. The van der Waals surface area contributed by atoms with Crippen LogP contribution in [0.3, 0.4) is 0 Å². The number of rotatable bonds is 3. The molecule has 1 aromatic rings. The van der Waals surface area contributed by atoms with Gasteiger partial charge in [0.15, 0.2) is 0 Å². The second kappa shape index (κ2) is 4.51. The van der Waals surface area contributed by atoms with Crippen molar-refractivity contribution in [3.05, 3.63) is 23.9 Å². The van der Waals surface area contributed by atoms with Crippen molar-refractivity contribution in [2.24, 2.45) is 0 Å². The molecule has 0 spiro atoms. The van der Waals surface area contributed by atoms with Gasteiger partial charge in [-0.3, -0.25) is 4.79 Å². The molecule has 0 bridgehead atoms. The van der Waals surface area contributed by atoms with Crippen molar-refractivity contribution in [2.45, 2.75) is 26.2 Å². The normalized spacial score (nSPS) is 11.2. The zero-order valence-corrected chi connectivity index (χ0v) is 10.3. The number of likely N-dealkylation sites (N-methyl/N-ethyl adjacent to an activating group) is 1. The summed E-state index contributed by atoms with van der Waals surface area (Å²) >= 11 is 0. The van der Waals surface area contributed by atoms with Crippen molar-refractivity contribution in [2.75, 3.05) is 19.3 Å². The van der Waals surface area contributed by atoms with Crippen LogP contribution in [0.15, 0.2) is 18.3 Å². The number of amides is 1. The third-order valence-electron chi connectivity index (χ3n) is 2.86. The first-order chi connectivity index (χ1) is 7.39. The lowest BCUT2D eigenvalue weighted by Gasteiger charge is -2.28. The maximum absolute atomic E-state index is 12.1. The van der Waals surface area contributed by atoms with Crippen LogP contribution in [0.4, 0.5) is 5.82 Å². The maximum atomic E-state index is 12.1. The Labute approximate surface area is 96.5 Å². The molecule has 0 aliphatic carbocycles. The van der Waals surface area contributed by atoms with Gasteiger partial charge in [-0.2, -0.15) is 0 Å². The van der Waals surface area contributed by atoms with Gasteiger partial charge in [-0.15, -0.1) is 0 Å². The van der Waals surface area contributed by atoms with E-state index in [9.17, 15) is 4.79 Å². The molecule has 0 aromatic carbocycles. The molecule has 1 aromatic heterocycles. The van der Waals surface area contributed by atoms with Gasteiger partial charge in [-0.25, -0.2) is 4.98 Å². The summed E-state index contributed by atoms with van der Waals surface area (Å²) in [5, 5.41) is 0. The lowest BCUT2D eigenvalue weighted by atomic mass is 9.84. The number of carbonyl (C=O) groups is 1. The predicted molar refractivity (Wildman–Crippen MR) is 65.0 cm³/mol. The minimum Gasteiger partial charge on any atom is -0.384 e. The standard InChI is InChI=1S/C12H19N3O/c1-5-15(4)11(16)12(2,3)9-6-7-10(13)14-8-9/h6-8H,5H2,1-4H3,(H2,13,14). The average Bonchev–Trinajstić information content (AvgIpc) is 2.27. The van der Waals surface area contributed by atoms with Crippen molar-refractivity contribution >= 4 is 11.7 Å². The fraction of sp³-hybridized carbons (Fsp3) is 0.500. The van der Waals surface area contributed by atoms with Gasteiger partial charge < -0.3 is 10.6 Å². The molecule has 0 fully saturated rings. The van der Waals surface area contributed by atoms with Crippen LogP contribution < -0.4 is 5.73 Å². The van der Waals surface area contributed by atoms with Gasteiger partial charge in [0, 0.05) is 19.8 Å². The van der Waals surface area contributed by atoms with Crippen molar-refractivity contribution in [1.82, 2.24) is 9.88 Å². The molecule has 0 atom stereocenters. The van der Waals surface area contributed by atoms with Crippen LogP contribution in [-0.4, -0.2) is 29.4 Å². The van der Waals surface area contributed by atoms with Crippen LogP contribution in [0, 0.1) is 0 Å². The third kappa shape index (κ3) is 2.32. The highest BCUT2D eigenvalue weighted by Gasteiger charge is 2.32. The number of nitrogens with zero attached hydrogens (tertiary/aromatic N) is 2. The second-order valence-electron chi connectivity index (χ2n) is 4.42. The highest BCUT2D eigenvalue weighted by atomic mass is 16.2. The Kier molecular flexibility index (Phi) is 3.52. The first-order valence-electron chi connectivity index (χ1n) is 5.37. The summed E-state index contributed by atoms with van der Waals surface area (Å²) < 4.78 is 0. The number of pyridine rings is 1. The Hall–Kier alpha value is -1.58. The Morgan fingerprint density at radius 3 is 2.56 bits per heavy atom. The Bertz CT molecular complexity index is 370. The summed E-state index contributed by atoms with van der Waals surface area (Å²) in [4.78, 5) is 17.9. The highest BCUT2D eigenvalue weighted by molar-refractivity contribution is 5.87. The number of anilines is 1. The number of hydrogen-bond donors (Lipinski definition) is 1. The summed E-state index contributed by atoms with van der Waals surface area (Å²) in [5.41, 5.74) is 5.84. The van der Waals surface area contributed by atoms with E-state index in [-0.39, 0.29) is 5.91 Å². The SMILES string of the molecule is CCN(C)C(=O)C(C)(C)c1ccc(N)nc1. The molecular weight excluding hydrogens is 202 g/mol. The number of aromatic nitrogens is 1. The molecule has 1 amide bonds. The number of nitrogens with two attached hydrogens (primary N) is 1. The van der Waals surface area contributed by atoms with E-state index < -0.39 is 5.41 Å². The lowest BCUT2D eigenvalue weighted by molar-refractivity contribution is -0.134. The number of nitrogen functional groups attached to an aromatic ring is 1. The van der Waals surface area contributed by atoms with E-state index in [2.05, 4.69) is 4.98 Å². The van der Waals surface area contributed by atoms with E-state index in [1.54, 1.807) is 24.2 Å². The molecular formula is C12H19N3O. The molecule has 0 saturated carbocycles. The average molecular weight is 221 g/mol. The zero-order valence-electron chi connectivity index (χ0n) is 10.3. The first kappa shape index (κ1) is 12.5. The molecule has 1 heterocycles. The molecule has 4 nitrogen and oxygen atoms in total. The first-order valence-corrected chi connectivity index (χ1v) is 5.37. The van der Waals surface area contributed by atoms with Gasteiger partial charge in [-0.1, -0.05) is 6.07 Å². The Morgan fingerprint density at radius 2 is 2.12 bits per heavy atom. The molecule has 0 radical (unpaired) electrons. The highest BCUT2D eigenvalue weighted by Crippen LogP contribution is 2.25. The van der Waals surface area contributed by atoms with Crippen LogP contribution >= 0.6 is 0 Å². The molecule has 2 N–H and O–H groups in total. The van der Waals surface area contributed by atoms with Gasteiger partial charge in [0.25, 0.3) is 0 Å². The summed E-state index contributed by atoms with van der Waals surface area (Å²) in [6.07, 6.45) is 1.66. The van der Waals surface area contributed by atoms with Gasteiger partial charge >= 0.3 is 0 Å². The van der Waals surface area contributed by atoms with Gasteiger partial charge in [-0.05, 0) is 32.4 Å². The maximum Gasteiger partial charge on any atom is 0.232 e. The summed E-state index contributed by atoms with van der Waals surface area (Å²) in [5.74, 6) is 0.553. The van der Waals surface area contributed by atoms with Crippen LogP contribution in [0.1, 0.15) is 26.3 Å². The van der Waals surface area contributed by atoms with Crippen molar-refractivity contribution < 1.29 is 4.79 Å². The van der Waals surface area contributed by atoms with E-state index >= 15 is 0 Å². The van der Waals surface area contributed by atoms with Gasteiger partial charge in [0.1, 0.15) is 5.82 Å². The van der Waals surface area contributed by atoms with Crippen molar-refractivity contribution in [3.63, 3.8) is 0 Å². The smallest absolute Gasteiger partial charge is 0.232 e. The second-order valence-corrected chi connectivity index (χ2v) is 4.42. The topological polar surface area (TPSA) is 59.2 Å². The van der Waals surface area contributed by atoms with Crippen LogP contribution in [0.25, 0.3) is 0 Å². The molecule has 0 saturated heterocycles. The van der Waals surface area contributed by atoms with Crippen LogP contribution in [-0.2, 0) is 10.2 Å². The van der Waals surface area contributed by atoms with Gasteiger partial charge in [0.2, 0.25) is 5.91 Å². The Balaban J connectivity index is 3.01. The van der Waals surface area contributed by atoms with Crippen LogP contribution in [0.2, 0.25) is 0 Å². The van der Waals surface area contributed by atoms with Crippen LogP contribution in [0.5, 0.6) is 0 Å². The summed E-state index contributed by atoms with van der Waals surface area (Å²) in [7, 11) is 1.80. The number of carbonyl (C=O) groups excluding carboxylic acids is 1. The summed E-state index contributed by atoms with van der Waals surface area (Å²) in [6, 6.07) is 3.57. The van der Waals surface area contributed by atoms with Crippen molar-refractivity contribution in [1.29, 1.82) is 0 Å².